The number of hydrogen-bond donors (Lipinski definition) is 2. The van der Waals surface area contributed by atoms with Gasteiger partial charge in [0.05, 0.1) is 0 Å². The highest BCUT2D eigenvalue weighted by Gasteiger charge is 2.08. The predicted molar refractivity (Wildman–Crippen MR) is 62.0 cm³/mol. The lowest BCUT2D eigenvalue weighted by Gasteiger charge is -1.91. The summed E-state index contributed by atoms with van der Waals surface area (Å²) < 4.78 is 0. The number of carboxylic acids is 1. The van der Waals surface area contributed by atoms with E-state index in [-0.39, 0.29) is 0 Å². The highest BCUT2D eigenvalue weighted by molar-refractivity contribution is 7.98. The van der Waals surface area contributed by atoms with Crippen LogP contribution in [0.5, 0.6) is 0 Å². The molecular formula is C9H9N3O2S2. The van der Waals surface area contributed by atoms with Crippen molar-refractivity contribution in [2.75, 3.05) is 0 Å². The molecule has 84 valence electrons. The molecule has 2 aromatic heterocycles. The standard InChI is InChI=1S/C9H9N3O2S2/c1-5-10-9(12-11-5)15-4-6-2-3-7(16-6)8(13)14/h2-3H,4H2,1H3,(H,13,14)(H,10,11,12). The van der Waals surface area contributed by atoms with Crippen LogP contribution in [0.15, 0.2) is 17.3 Å². The third-order valence-electron chi connectivity index (χ3n) is 1.79. The largest absolute Gasteiger partial charge is 0.477 e. The number of hydrogen-bond acceptors (Lipinski definition) is 5. The van der Waals surface area contributed by atoms with E-state index in [1.54, 1.807) is 6.07 Å². The van der Waals surface area contributed by atoms with Crippen LogP contribution in [0.3, 0.4) is 0 Å². The molecule has 0 aliphatic heterocycles. The molecule has 0 aromatic carbocycles. The molecule has 0 spiro atoms. The lowest BCUT2D eigenvalue weighted by Crippen LogP contribution is -1.89. The summed E-state index contributed by atoms with van der Waals surface area (Å²) in [4.78, 5) is 16.2. The van der Waals surface area contributed by atoms with E-state index in [2.05, 4.69) is 15.2 Å². The molecule has 0 saturated carbocycles. The summed E-state index contributed by atoms with van der Waals surface area (Å²) in [6.07, 6.45) is 0. The van der Waals surface area contributed by atoms with Crippen molar-refractivity contribution in [3.8, 4) is 0 Å². The number of aromatic carboxylic acids is 1. The number of thioether (sulfide) groups is 1. The van der Waals surface area contributed by atoms with E-state index in [1.807, 2.05) is 13.0 Å². The summed E-state index contributed by atoms with van der Waals surface area (Å²) in [7, 11) is 0. The van der Waals surface area contributed by atoms with Gasteiger partial charge in [0.2, 0.25) is 5.16 Å². The van der Waals surface area contributed by atoms with Gasteiger partial charge in [-0.25, -0.2) is 9.78 Å². The number of aromatic nitrogens is 3. The first-order valence-electron chi connectivity index (χ1n) is 4.49. The van der Waals surface area contributed by atoms with Crippen LogP contribution in [0, 0.1) is 6.92 Å². The Morgan fingerprint density at radius 1 is 1.62 bits per heavy atom. The van der Waals surface area contributed by atoms with E-state index >= 15 is 0 Å². The van der Waals surface area contributed by atoms with Gasteiger partial charge >= 0.3 is 5.97 Å². The van der Waals surface area contributed by atoms with Crippen LogP contribution in [0.2, 0.25) is 0 Å². The van der Waals surface area contributed by atoms with Crippen LogP contribution in [0.25, 0.3) is 0 Å². The molecule has 2 rings (SSSR count). The molecule has 0 amide bonds. The number of aromatic amines is 1. The summed E-state index contributed by atoms with van der Waals surface area (Å²) in [5, 5.41) is 16.2. The number of H-pyrrole nitrogens is 1. The highest BCUT2D eigenvalue weighted by atomic mass is 32.2. The van der Waals surface area contributed by atoms with Crippen molar-refractivity contribution in [1.29, 1.82) is 0 Å². The summed E-state index contributed by atoms with van der Waals surface area (Å²) in [5.74, 6) is 0.588. The second-order valence-corrected chi connectivity index (χ2v) is 5.17. The molecule has 2 heterocycles. The van der Waals surface area contributed by atoms with Gasteiger partial charge in [-0.15, -0.1) is 16.4 Å². The molecular weight excluding hydrogens is 246 g/mol. The van der Waals surface area contributed by atoms with Crippen molar-refractivity contribution in [3.63, 3.8) is 0 Å². The fourth-order valence-corrected chi connectivity index (χ4v) is 2.83. The Kier molecular flexibility index (Phi) is 3.25. The number of aryl methyl sites for hydroxylation is 1. The maximum absolute atomic E-state index is 10.7. The first kappa shape index (κ1) is 11.2. The Balaban J connectivity index is 1.97. The number of nitrogens with zero attached hydrogens (tertiary/aromatic N) is 2. The number of rotatable bonds is 4. The van der Waals surface area contributed by atoms with Gasteiger partial charge in [0, 0.05) is 10.6 Å². The summed E-state index contributed by atoms with van der Waals surface area (Å²) >= 11 is 2.76. The first-order chi connectivity index (χ1) is 7.65. The predicted octanol–water partition coefficient (Wildman–Crippen LogP) is 2.17. The van der Waals surface area contributed by atoms with Crippen molar-refractivity contribution in [2.45, 2.75) is 17.8 Å². The summed E-state index contributed by atoms with van der Waals surface area (Å²) in [6, 6.07) is 3.44. The fourth-order valence-electron chi connectivity index (χ4n) is 1.09. The monoisotopic (exact) mass is 255 g/mol. The van der Waals surface area contributed by atoms with Crippen LogP contribution >= 0.6 is 23.1 Å². The number of carbonyl (C=O) groups is 1. The van der Waals surface area contributed by atoms with E-state index in [0.29, 0.717) is 15.8 Å². The normalized spacial score (nSPS) is 10.6. The third-order valence-corrected chi connectivity index (χ3v) is 3.94. The van der Waals surface area contributed by atoms with Crippen molar-refractivity contribution >= 4 is 29.1 Å². The van der Waals surface area contributed by atoms with Gasteiger partial charge in [0.1, 0.15) is 10.7 Å². The molecule has 0 unspecified atom stereocenters. The molecule has 2 aromatic rings. The maximum atomic E-state index is 10.7. The van der Waals surface area contributed by atoms with Crippen LogP contribution < -0.4 is 0 Å². The second kappa shape index (κ2) is 4.67. The van der Waals surface area contributed by atoms with Crippen molar-refractivity contribution in [1.82, 2.24) is 15.2 Å². The molecule has 0 bridgehead atoms. The van der Waals surface area contributed by atoms with Gasteiger partial charge in [-0.3, -0.25) is 5.10 Å². The molecule has 16 heavy (non-hydrogen) atoms. The minimum atomic E-state index is -0.880. The smallest absolute Gasteiger partial charge is 0.345 e. The number of thiophene rings is 1. The SMILES string of the molecule is Cc1nc(SCc2ccc(C(=O)O)s2)n[nH]1. The van der Waals surface area contributed by atoms with Gasteiger partial charge in [-0.1, -0.05) is 11.8 Å². The van der Waals surface area contributed by atoms with Crippen LogP contribution in [0.4, 0.5) is 0 Å². The van der Waals surface area contributed by atoms with E-state index in [4.69, 9.17) is 5.11 Å². The zero-order valence-corrected chi connectivity index (χ0v) is 10.1. The van der Waals surface area contributed by atoms with Crippen LogP contribution in [-0.2, 0) is 5.75 Å². The Bertz CT molecular complexity index is 506. The van der Waals surface area contributed by atoms with E-state index < -0.39 is 5.97 Å². The Morgan fingerprint density at radius 3 is 3.00 bits per heavy atom. The van der Waals surface area contributed by atoms with Crippen LogP contribution in [0.1, 0.15) is 20.4 Å². The van der Waals surface area contributed by atoms with Crippen molar-refractivity contribution < 1.29 is 9.90 Å². The number of nitrogens with one attached hydrogen (secondary N) is 1. The minimum Gasteiger partial charge on any atom is -0.477 e. The van der Waals surface area contributed by atoms with E-state index in [9.17, 15) is 4.79 Å². The first-order valence-corrected chi connectivity index (χ1v) is 6.29. The Hall–Kier alpha value is -1.34. The fraction of sp³-hybridized carbons (Fsp3) is 0.222. The zero-order valence-electron chi connectivity index (χ0n) is 8.43. The van der Waals surface area contributed by atoms with Gasteiger partial charge in [-0.2, -0.15) is 0 Å². The molecule has 0 atom stereocenters. The molecule has 7 heteroatoms. The van der Waals surface area contributed by atoms with Gasteiger partial charge in [0.25, 0.3) is 0 Å². The molecule has 0 fully saturated rings. The van der Waals surface area contributed by atoms with Crippen molar-refractivity contribution in [3.05, 3.63) is 27.7 Å². The summed E-state index contributed by atoms with van der Waals surface area (Å²) in [6.45, 7) is 1.84. The lowest BCUT2D eigenvalue weighted by atomic mass is 10.4. The molecule has 0 saturated heterocycles. The van der Waals surface area contributed by atoms with Crippen molar-refractivity contribution in [2.24, 2.45) is 0 Å². The minimum absolute atomic E-state index is 0.363. The van der Waals surface area contributed by atoms with Gasteiger partial charge < -0.3 is 5.11 Å². The third kappa shape index (κ3) is 2.61. The Labute approximate surface area is 99.9 Å². The number of carboxylic acid groups (broad SMARTS) is 1. The average Bonchev–Trinajstić information content (AvgIpc) is 2.83. The lowest BCUT2D eigenvalue weighted by molar-refractivity contribution is 0.0702. The molecule has 2 N–H and O–H groups in total. The molecule has 0 radical (unpaired) electrons. The average molecular weight is 255 g/mol. The Morgan fingerprint density at radius 2 is 2.44 bits per heavy atom. The summed E-state index contributed by atoms with van der Waals surface area (Å²) in [5.41, 5.74) is 0. The zero-order chi connectivity index (χ0) is 11.5. The highest BCUT2D eigenvalue weighted by Crippen LogP contribution is 2.24. The molecule has 0 aliphatic rings. The van der Waals surface area contributed by atoms with E-state index in [1.165, 1.54) is 23.1 Å². The van der Waals surface area contributed by atoms with Gasteiger partial charge in [0.15, 0.2) is 0 Å². The topological polar surface area (TPSA) is 78.9 Å². The quantitative estimate of drug-likeness (QED) is 0.818. The maximum Gasteiger partial charge on any atom is 0.345 e. The van der Waals surface area contributed by atoms with E-state index in [0.717, 1.165) is 10.7 Å². The van der Waals surface area contributed by atoms with Crippen LogP contribution in [-0.4, -0.2) is 26.3 Å². The molecule has 5 nitrogen and oxygen atoms in total. The second-order valence-electron chi connectivity index (χ2n) is 3.06. The molecule has 0 aliphatic carbocycles. The van der Waals surface area contributed by atoms with Gasteiger partial charge in [-0.05, 0) is 19.1 Å².